The Morgan fingerprint density at radius 3 is 2.30 bits per heavy atom. The zero-order valence-corrected chi connectivity index (χ0v) is 17.4. The number of carbonyl (C=O) groups excluding carboxylic acids is 3. The van der Waals surface area contributed by atoms with Crippen molar-refractivity contribution in [2.45, 2.75) is 26.2 Å². The van der Waals surface area contributed by atoms with Gasteiger partial charge in [0.15, 0.2) is 5.78 Å². The van der Waals surface area contributed by atoms with Crippen molar-refractivity contribution in [1.82, 2.24) is 0 Å². The highest BCUT2D eigenvalue weighted by Gasteiger charge is 2.28. The molecule has 1 amide bonds. The lowest BCUT2D eigenvalue weighted by molar-refractivity contribution is 0.0527. The molecule has 152 valence electrons. The first kappa shape index (κ1) is 20.0. The van der Waals surface area contributed by atoms with Crippen LogP contribution in [0, 0.1) is 0 Å². The van der Waals surface area contributed by atoms with Crippen LogP contribution in [-0.4, -0.2) is 24.3 Å². The second kappa shape index (κ2) is 8.63. The number of amides is 1. The van der Waals surface area contributed by atoms with E-state index in [-0.39, 0.29) is 18.3 Å². The largest absolute Gasteiger partial charge is 0.462 e. The minimum Gasteiger partial charge on any atom is -0.462 e. The summed E-state index contributed by atoms with van der Waals surface area (Å²) in [7, 11) is 0. The highest BCUT2D eigenvalue weighted by Crippen LogP contribution is 2.39. The highest BCUT2D eigenvalue weighted by atomic mass is 32.1. The number of esters is 1. The number of thiophene rings is 1. The van der Waals surface area contributed by atoms with Gasteiger partial charge in [-0.15, -0.1) is 11.3 Å². The van der Waals surface area contributed by atoms with Crippen LogP contribution < -0.4 is 5.32 Å². The Bertz CT molecular complexity index is 1100. The van der Waals surface area contributed by atoms with Gasteiger partial charge in [0.05, 0.1) is 12.2 Å². The fraction of sp³-hybridized carbons (Fsp3) is 0.208. The summed E-state index contributed by atoms with van der Waals surface area (Å²) < 4.78 is 5.20. The van der Waals surface area contributed by atoms with Crippen molar-refractivity contribution in [3.8, 4) is 0 Å². The first-order valence-electron chi connectivity index (χ1n) is 9.91. The summed E-state index contributed by atoms with van der Waals surface area (Å²) in [5, 5.41) is 3.40. The van der Waals surface area contributed by atoms with Gasteiger partial charge in [0.25, 0.3) is 5.91 Å². The molecule has 4 rings (SSSR count). The van der Waals surface area contributed by atoms with E-state index in [4.69, 9.17) is 4.74 Å². The second-order valence-corrected chi connectivity index (χ2v) is 8.11. The minimum absolute atomic E-state index is 0.0955. The first-order chi connectivity index (χ1) is 14.6. The van der Waals surface area contributed by atoms with Crippen LogP contribution in [0.3, 0.4) is 0 Å². The predicted octanol–water partition coefficient (Wildman–Crippen LogP) is 4.90. The Hall–Kier alpha value is -3.25. The molecule has 0 saturated carbocycles. The van der Waals surface area contributed by atoms with E-state index in [0.29, 0.717) is 27.3 Å². The molecule has 1 heterocycles. The van der Waals surface area contributed by atoms with E-state index in [1.165, 1.54) is 11.3 Å². The SMILES string of the molecule is CCOC(=O)c1c(NC(=O)c2ccc(C(=O)c3ccccc3)cc2)sc2c1CCC2. The van der Waals surface area contributed by atoms with Crippen LogP contribution in [0.5, 0.6) is 0 Å². The van der Waals surface area contributed by atoms with E-state index in [9.17, 15) is 14.4 Å². The second-order valence-electron chi connectivity index (χ2n) is 7.01. The van der Waals surface area contributed by atoms with Crippen molar-refractivity contribution >= 4 is 34.0 Å². The maximum Gasteiger partial charge on any atom is 0.341 e. The summed E-state index contributed by atoms with van der Waals surface area (Å²) in [6.45, 7) is 2.05. The van der Waals surface area contributed by atoms with Gasteiger partial charge < -0.3 is 10.1 Å². The summed E-state index contributed by atoms with van der Waals surface area (Å²) in [5.41, 5.74) is 3.01. The number of fused-ring (bicyclic) bond motifs is 1. The molecular weight excluding hydrogens is 398 g/mol. The van der Waals surface area contributed by atoms with Crippen LogP contribution in [0.25, 0.3) is 0 Å². The Labute approximate surface area is 178 Å². The molecule has 3 aromatic rings. The Morgan fingerprint density at radius 1 is 0.933 bits per heavy atom. The number of benzene rings is 2. The Balaban J connectivity index is 1.54. The number of hydrogen-bond acceptors (Lipinski definition) is 5. The molecule has 0 aliphatic heterocycles. The molecule has 0 saturated heterocycles. The highest BCUT2D eigenvalue weighted by molar-refractivity contribution is 7.17. The molecule has 30 heavy (non-hydrogen) atoms. The van der Waals surface area contributed by atoms with Crippen molar-refractivity contribution in [3.05, 3.63) is 87.3 Å². The number of anilines is 1. The molecule has 1 N–H and O–H groups in total. The molecule has 0 atom stereocenters. The van der Waals surface area contributed by atoms with Gasteiger partial charge in [0.1, 0.15) is 5.00 Å². The monoisotopic (exact) mass is 419 g/mol. The average Bonchev–Trinajstić information content (AvgIpc) is 3.35. The standard InChI is InChI=1S/C24H21NO4S/c1-2-29-24(28)20-18-9-6-10-19(18)30-23(20)25-22(27)17-13-11-16(12-14-17)21(26)15-7-4-3-5-8-15/h3-5,7-8,11-14H,2,6,9-10H2,1H3,(H,25,27). The maximum absolute atomic E-state index is 12.8. The van der Waals surface area contributed by atoms with Crippen molar-refractivity contribution in [3.63, 3.8) is 0 Å². The van der Waals surface area contributed by atoms with Gasteiger partial charge in [-0.3, -0.25) is 9.59 Å². The van der Waals surface area contributed by atoms with Crippen LogP contribution in [0.15, 0.2) is 54.6 Å². The molecule has 1 aliphatic carbocycles. The van der Waals surface area contributed by atoms with Gasteiger partial charge in [-0.2, -0.15) is 0 Å². The molecule has 0 bridgehead atoms. The van der Waals surface area contributed by atoms with Crippen molar-refractivity contribution in [1.29, 1.82) is 0 Å². The first-order valence-corrected chi connectivity index (χ1v) is 10.7. The average molecular weight is 420 g/mol. The van der Waals surface area contributed by atoms with Crippen molar-refractivity contribution in [2.24, 2.45) is 0 Å². The minimum atomic E-state index is -0.393. The van der Waals surface area contributed by atoms with Gasteiger partial charge >= 0.3 is 5.97 Å². The number of ketones is 1. The number of aryl methyl sites for hydroxylation is 1. The fourth-order valence-electron chi connectivity index (χ4n) is 3.62. The Kier molecular flexibility index (Phi) is 5.77. The van der Waals surface area contributed by atoms with Gasteiger partial charge in [-0.1, -0.05) is 42.5 Å². The predicted molar refractivity (Wildman–Crippen MR) is 117 cm³/mol. The third-order valence-corrected chi connectivity index (χ3v) is 6.28. The fourth-order valence-corrected chi connectivity index (χ4v) is 4.89. The Morgan fingerprint density at radius 2 is 1.60 bits per heavy atom. The van der Waals surface area contributed by atoms with E-state index in [2.05, 4.69) is 5.32 Å². The van der Waals surface area contributed by atoms with E-state index in [0.717, 1.165) is 29.7 Å². The molecule has 2 aromatic carbocycles. The van der Waals surface area contributed by atoms with E-state index < -0.39 is 5.97 Å². The maximum atomic E-state index is 12.8. The van der Waals surface area contributed by atoms with Gasteiger partial charge in [-0.05, 0) is 43.9 Å². The lowest BCUT2D eigenvalue weighted by atomic mass is 10.0. The number of nitrogens with one attached hydrogen (secondary N) is 1. The topological polar surface area (TPSA) is 72.5 Å². The molecular formula is C24H21NO4S. The number of hydrogen-bond donors (Lipinski definition) is 1. The molecule has 1 aromatic heterocycles. The normalized spacial score (nSPS) is 12.3. The third-order valence-electron chi connectivity index (χ3n) is 5.07. The van der Waals surface area contributed by atoms with Crippen LogP contribution in [-0.2, 0) is 17.6 Å². The summed E-state index contributed by atoms with van der Waals surface area (Å²) in [6, 6.07) is 15.5. The molecule has 1 aliphatic rings. The van der Waals surface area contributed by atoms with Gasteiger partial charge in [0.2, 0.25) is 0 Å². The molecule has 0 radical (unpaired) electrons. The molecule has 0 spiro atoms. The van der Waals surface area contributed by atoms with E-state index in [1.54, 1.807) is 43.3 Å². The van der Waals surface area contributed by atoms with Gasteiger partial charge in [-0.25, -0.2) is 4.79 Å². The lowest BCUT2D eigenvalue weighted by Crippen LogP contribution is -2.15. The zero-order valence-electron chi connectivity index (χ0n) is 16.6. The third kappa shape index (κ3) is 3.91. The molecule has 6 heteroatoms. The van der Waals surface area contributed by atoms with E-state index >= 15 is 0 Å². The van der Waals surface area contributed by atoms with Gasteiger partial charge in [0, 0.05) is 21.6 Å². The van der Waals surface area contributed by atoms with E-state index in [1.807, 2.05) is 18.2 Å². The molecule has 0 unspecified atom stereocenters. The van der Waals surface area contributed by atoms with Crippen LogP contribution in [0.1, 0.15) is 60.4 Å². The quantitative estimate of drug-likeness (QED) is 0.456. The van der Waals surface area contributed by atoms with Crippen molar-refractivity contribution < 1.29 is 19.1 Å². The van der Waals surface area contributed by atoms with Crippen LogP contribution >= 0.6 is 11.3 Å². The zero-order chi connectivity index (χ0) is 21.1. The summed E-state index contributed by atoms with van der Waals surface area (Å²) in [6.07, 6.45) is 2.75. The number of rotatable bonds is 6. The van der Waals surface area contributed by atoms with Crippen molar-refractivity contribution in [2.75, 3.05) is 11.9 Å². The van der Waals surface area contributed by atoms with Crippen LogP contribution in [0.2, 0.25) is 0 Å². The summed E-state index contributed by atoms with van der Waals surface area (Å²) in [4.78, 5) is 38.9. The summed E-state index contributed by atoms with van der Waals surface area (Å²) >= 11 is 1.44. The smallest absolute Gasteiger partial charge is 0.341 e. The lowest BCUT2D eigenvalue weighted by Gasteiger charge is -2.08. The summed E-state index contributed by atoms with van der Waals surface area (Å²) in [5.74, 6) is -0.808. The van der Waals surface area contributed by atoms with Crippen LogP contribution in [0.4, 0.5) is 5.00 Å². The number of ether oxygens (including phenoxy) is 1. The molecule has 0 fully saturated rings. The number of carbonyl (C=O) groups is 3. The molecule has 5 nitrogen and oxygen atoms in total.